The smallest absolute Gasteiger partial charge is 0.254 e. The van der Waals surface area contributed by atoms with Gasteiger partial charge in [0, 0.05) is 49.2 Å². The second-order valence-corrected chi connectivity index (χ2v) is 7.22. The van der Waals surface area contributed by atoms with Gasteiger partial charge in [-0.2, -0.15) is 9.50 Å². The number of halogens is 1. The Labute approximate surface area is 168 Å². The molecule has 0 bridgehead atoms. The van der Waals surface area contributed by atoms with Crippen molar-refractivity contribution in [2.45, 2.75) is 6.92 Å². The Balaban J connectivity index is 1.43. The van der Waals surface area contributed by atoms with Gasteiger partial charge in [0.1, 0.15) is 11.6 Å². The quantitative estimate of drug-likeness (QED) is 0.537. The highest BCUT2D eigenvalue weighted by molar-refractivity contribution is 5.59. The third kappa shape index (κ3) is 3.40. The van der Waals surface area contributed by atoms with Crippen LogP contribution in [0, 0.1) is 12.7 Å². The van der Waals surface area contributed by atoms with Gasteiger partial charge in [-0.25, -0.2) is 9.37 Å². The number of aryl methyl sites for hydroxylation is 1. The summed E-state index contributed by atoms with van der Waals surface area (Å²) in [7, 11) is 0. The van der Waals surface area contributed by atoms with Crippen molar-refractivity contribution in [3.05, 3.63) is 72.2 Å². The van der Waals surface area contributed by atoms with Crippen molar-refractivity contribution in [1.29, 1.82) is 0 Å². The molecule has 1 fully saturated rings. The van der Waals surface area contributed by atoms with Crippen LogP contribution in [0.2, 0.25) is 0 Å². The first kappa shape index (κ1) is 17.6. The fourth-order valence-corrected chi connectivity index (χ4v) is 3.75. The van der Waals surface area contributed by atoms with Crippen molar-refractivity contribution in [1.82, 2.24) is 19.6 Å². The van der Waals surface area contributed by atoms with E-state index in [1.54, 1.807) is 0 Å². The van der Waals surface area contributed by atoms with Gasteiger partial charge in [0.25, 0.3) is 5.78 Å². The molecule has 0 radical (unpaired) electrons. The lowest BCUT2D eigenvalue weighted by Crippen LogP contribution is -2.47. The summed E-state index contributed by atoms with van der Waals surface area (Å²) in [5.74, 6) is 2.08. The standard InChI is InChI=1S/C22H21FN6/c1-16-15-20(28-13-11-27(12-14-28)19-9-7-18(23)8-10-19)29-22(24-16)25-21(26-29)17-5-3-2-4-6-17/h2-10,15H,11-14H2,1H3. The van der Waals surface area contributed by atoms with Gasteiger partial charge in [0.2, 0.25) is 0 Å². The number of hydrogen-bond acceptors (Lipinski definition) is 5. The van der Waals surface area contributed by atoms with Crippen LogP contribution in [-0.2, 0) is 0 Å². The van der Waals surface area contributed by atoms with E-state index in [4.69, 9.17) is 5.10 Å². The maximum atomic E-state index is 13.2. The number of aromatic nitrogens is 4. The van der Waals surface area contributed by atoms with Gasteiger partial charge < -0.3 is 9.80 Å². The molecular weight excluding hydrogens is 367 g/mol. The zero-order chi connectivity index (χ0) is 19.8. The molecule has 0 aliphatic carbocycles. The molecule has 29 heavy (non-hydrogen) atoms. The highest BCUT2D eigenvalue weighted by Gasteiger charge is 2.21. The first-order valence-corrected chi connectivity index (χ1v) is 9.73. The normalized spacial score (nSPS) is 14.6. The van der Waals surface area contributed by atoms with Gasteiger partial charge in [-0.3, -0.25) is 0 Å². The van der Waals surface area contributed by atoms with Crippen LogP contribution in [0.25, 0.3) is 17.2 Å². The van der Waals surface area contributed by atoms with Crippen LogP contribution in [0.4, 0.5) is 15.9 Å². The summed E-state index contributed by atoms with van der Waals surface area (Å²) in [6.45, 7) is 5.38. The summed E-state index contributed by atoms with van der Waals surface area (Å²) < 4.78 is 15.0. The third-order valence-corrected chi connectivity index (χ3v) is 5.25. The fraction of sp³-hybridized carbons (Fsp3) is 0.227. The molecule has 2 aromatic heterocycles. The monoisotopic (exact) mass is 388 g/mol. The topological polar surface area (TPSA) is 49.6 Å². The Kier molecular flexibility index (Phi) is 4.35. The summed E-state index contributed by atoms with van der Waals surface area (Å²) >= 11 is 0. The summed E-state index contributed by atoms with van der Waals surface area (Å²) in [5.41, 5.74) is 2.94. The highest BCUT2D eigenvalue weighted by Crippen LogP contribution is 2.23. The van der Waals surface area contributed by atoms with Crippen LogP contribution in [0.3, 0.4) is 0 Å². The number of hydrogen-bond donors (Lipinski definition) is 0. The zero-order valence-electron chi connectivity index (χ0n) is 16.2. The zero-order valence-corrected chi connectivity index (χ0v) is 16.2. The molecular formula is C22H21FN6. The molecule has 0 atom stereocenters. The second-order valence-electron chi connectivity index (χ2n) is 7.22. The van der Waals surface area contributed by atoms with Crippen LogP contribution in [0.15, 0.2) is 60.7 Å². The van der Waals surface area contributed by atoms with E-state index in [2.05, 4.69) is 25.8 Å². The molecule has 146 valence electrons. The van der Waals surface area contributed by atoms with Gasteiger partial charge in [-0.05, 0) is 31.2 Å². The molecule has 1 aliphatic heterocycles. The molecule has 6 nitrogen and oxygen atoms in total. The largest absolute Gasteiger partial charge is 0.368 e. The van der Waals surface area contributed by atoms with Crippen molar-refractivity contribution >= 4 is 17.3 Å². The van der Waals surface area contributed by atoms with Crippen molar-refractivity contribution in [3.63, 3.8) is 0 Å². The number of nitrogens with zero attached hydrogens (tertiary/aromatic N) is 6. The lowest BCUT2D eigenvalue weighted by Gasteiger charge is -2.37. The Morgan fingerprint density at radius 2 is 1.52 bits per heavy atom. The van der Waals surface area contributed by atoms with Crippen LogP contribution in [-0.4, -0.2) is 45.8 Å². The number of piperazine rings is 1. The summed E-state index contributed by atoms with van der Waals surface area (Å²) in [5, 5.41) is 4.73. The number of anilines is 2. The Hall–Kier alpha value is -3.48. The minimum Gasteiger partial charge on any atom is -0.368 e. The van der Waals surface area contributed by atoms with Crippen LogP contribution < -0.4 is 9.80 Å². The van der Waals surface area contributed by atoms with E-state index in [0.29, 0.717) is 11.6 Å². The number of benzene rings is 2. The Morgan fingerprint density at radius 1 is 0.828 bits per heavy atom. The summed E-state index contributed by atoms with van der Waals surface area (Å²) in [6, 6.07) is 18.7. The molecule has 0 unspecified atom stereocenters. The molecule has 2 aromatic carbocycles. The summed E-state index contributed by atoms with van der Waals surface area (Å²) in [4.78, 5) is 13.8. The average molecular weight is 388 g/mol. The highest BCUT2D eigenvalue weighted by atomic mass is 19.1. The van der Waals surface area contributed by atoms with Gasteiger partial charge in [0.05, 0.1) is 0 Å². The van der Waals surface area contributed by atoms with E-state index in [0.717, 1.165) is 48.9 Å². The molecule has 0 N–H and O–H groups in total. The van der Waals surface area contributed by atoms with Crippen molar-refractivity contribution in [2.24, 2.45) is 0 Å². The van der Waals surface area contributed by atoms with Gasteiger partial charge in [-0.1, -0.05) is 30.3 Å². The maximum Gasteiger partial charge on any atom is 0.254 e. The SMILES string of the molecule is Cc1cc(N2CCN(c3ccc(F)cc3)CC2)n2nc(-c3ccccc3)nc2n1. The van der Waals surface area contributed by atoms with E-state index in [-0.39, 0.29) is 5.82 Å². The van der Waals surface area contributed by atoms with Crippen LogP contribution in [0.5, 0.6) is 0 Å². The first-order valence-electron chi connectivity index (χ1n) is 9.73. The molecule has 7 heteroatoms. The Bertz CT molecular complexity index is 1130. The molecule has 1 saturated heterocycles. The summed E-state index contributed by atoms with van der Waals surface area (Å²) in [6.07, 6.45) is 0. The number of fused-ring (bicyclic) bond motifs is 1. The van der Waals surface area contributed by atoms with Crippen molar-refractivity contribution < 1.29 is 4.39 Å². The van der Waals surface area contributed by atoms with E-state index in [1.165, 1.54) is 12.1 Å². The molecule has 5 rings (SSSR count). The molecule has 0 saturated carbocycles. The van der Waals surface area contributed by atoms with Gasteiger partial charge >= 0.3 is 0 Å². The van der Waals surface area contributed by atoms with E-state index in [1.807, 2.05) is 53.9 Å². The van der Waals surface area contributed by atoms with Crippen LogP contribution in [0.1, 0.15) is 5.69 Å². The average Bonchev–Trinajstić information content (AvgIpc) is 3.18. The second kappa shape index (κ2) is 7.16. The molecule has 4 aromatic rings. The fourth-order valence-electron chi connectivity index (χ4n) is 3.75. The van der Waals surface area contributed by atoms with Gasteiger partial charge in [-0.15, -0.1) is 5.10 Å². The molecule has 3 heterocycles. The van der Waals surface area contributed by atoms with E-state index < -0.39 is 0 Å². The number of rotatable bonds is 3. The van der Waals surface area contributed by atoms with E-state index >= 15 is 0 Å². The minimum atomic E-state index is -0.206. The first-order chi connectivity index (χ1) is 14.2. The van der Waals surface area contributed by atoms with Crippen molar-refractivity contribution in [3.8, 4) is 11.4 Å². The lowest BCUT2D eigenvalue weighted by molar-refractivity contribution is 0.622. The molecule has 1 aliphatic rings. The van der Waals surface area contributed by atoms with E-state index in [9.17, 15) is 4.39 Å². The van der Waals surface area contributed by atoms with Crippen molar-refractivity contribution in [2.75, 3.05) is 36.0 Å². The predicted octanol–water partition coefficient (Wildman–Crippen LogP) is 3.57. The maximum absolute atomic E-state index is 13.2. The Morgan fingerprint density at radius 3 is 2.24 bits per heavy atom. The molecule has 0 spiro atoms. The minimum absolute atomic E-state index is 0.206. The van der Waals surface area contributed by atoms with Crippen LogP contribution >= 0.6 is 0 Å². The lowest BCUT2D eigenvalue weighted by atomic mass is 10.2. The van der Waals surface area contributed by atoms with Gasteiger partial charge in [0.15, 0.2) is 5.82 Å². The predicted molar refractivity (Wildman–Crippen MR) is 112 cm³/mol. The molecule has 0 amide bonds. The third-order valence-electron chi connectivity index (χ3n) is 5.25.